The SMILES string of the molecule is OCC1(Cc2ccn(C3CCCC3)n2)CC2CC2C1. The van der Waals surface area contributed by atoms with Crippen LogP contribution in [0.5, 0.6) is 0 Å². The molecule has 0 radical (unpaired) electrons. The van der Waals surface area contributed by atoms with Crippen LogP contribution in [0.25, 0.3) is 0 Å². The van der Waals surface area contributed by atoms with Gasteiger partial charge in [-0.3, -0.25) is 4.68 Å². The lowest BCUT2D eigenvalue weighted by Crippen LogP contribution is -2.26. The Bertz CT molecular complexity index is 451. The zero-order valence-electron chi connectivity index (χ0n) is 11.6. The minimum absolute atomic E-state index is 0.155. The fourth-order valence-corrected chi connectivity index (χ4v) is 4.56. The van der Waals surface area contributed by atoms with E-state index in [0.717, 1.165) is 18.3 Å². The molecule has 3 saturated carbocycles. The molecule has 3 aliphatic rings. The van der Waals surface area contributed by atoms with Gasteiger partial charge >= 0.3 is 0 Å². The lowest BCUT2D eigenvalue weighted by molar-refractivity contribution is 0.116. The van der Waals surface area contributed by atoms with Crippen LogP contribution < -0.4 is 0 Å². The molecule has 1 aromatic heterocycles. The van der Waals surface area contributed by atoms with Gasteiger partial charge in [0.1, 0.15) is 0 Å². The van der Waals surface area contributed by atoms with Gasteiger partial charge in [0.05, 0.1) is 11.7 Å². The van der Waals surface area contributed by atoms with Crippen LogP contribution in [0, 0.1) is 17.3 Å². The standard InChI is InChI=1S/C16H24N2O/c19-11-16(8-12-7-13(12)9-16)10-14-5-6-18(17-14)15-3-1-2-4-15/h5-6,12-13,15,19H,1-4,7-11H2. The zero-order chi connectivity index (χ0) is 12.9. The fourth-order valence-electron chi connectivity index (χ4n) is 4.56. The van der Waals surface area contributed by atoms with E-state index in [4.69, 9.17) is 5.10 Å². The molecule has 2 atom stereocenters. The van der Waals surface area contributed by atoms with Gasteiger partial charge in [-0.2, -0.15) is 5.10 Å². The number of fused-ring (bicyclic) bond motifs is 1. The zero-order valence-corrected chi connectivity index (χ0v) is 11.6. The van der Waals surface area contributed by atoms with Gasteiger partial charge in [0.25, 0.3) is 0 Å². The first-order valence-corrected chi connectivity index (χ1v) is 7.93. The van der Waals surface area contributed by atoms with Crippen molar-refractivity contribution < 1.29 is 5.11 Å². The highest BCUT2D eigenvalue weighted by atomic mass is 16.3. The smallest absolute Gasteiger partial charge is 0.0631 e. The van der Waals surface area contributed by atoms with E-state index in [1.807, 2.05) is 0 Å². The Morgan fingerprint density at radius 3 is 2.68 bits per heavy atom. The summed E-state index contributed by atoms with van der Waals surface area (Å²) in [4.78, 5) is 0. The van der Waals surface area contributed by atoms with E-state index < -0.39 is 0 Å². The third kappa shape index (κ3) is 2.12. The van der Waals surface area contributed by atoms with E-state index in [1.165, 1.54) is 50.6 Å². The van der Waals surface area contributed by atoms with Crippen molar-refractivity contribution in [3.8, 4) is 0 Å². The Hall–Kier alpha value is -0.830. The highest BCUT2D eigenvalue weighted by Gasteiger charge is 2.53. The highest BCUT2D eigenvalue weighted by Crippen LogP contribution is 2.60. The Balaban J connectivity index is 1.47. The molecule has 0 amide bonds. The van der Waals surface area contributed by atoms with E-state index in [-0.39, 0.29) is 5.41 Å². The molecule has 3 aliphatic carbocycles. The van der Waals surface area contributed by atoms with Gasteiger partial charge in [-0.1, -0.05) is 12.8 Å². The van der Waals surface area contributed by atoms with Crippen molar-refractivity contribution in [2.75, 3.05) is 6.61 Å². The summed E-state index contributed by atoms with van der Waals surface area (Å²) in [5.41, 5.74) is 1.35. The maximum Gasteiger partial charge on any atom is 0.0631 e. The molecule has 0 aliphatic heterocycles. The Kier molecular flexibility index (Phi) is 2.73. The average Bonchev–Trinajstić information content (AvgIpc) is 2.90. The summed E-state index contributed by atoms with van der Waals surface area (Å²) in [6, 6.07) is 2.82. The van der Waals surface area contributed by atoms with Crippen LogP contribution >= 0.6 is 0 Å². The number of aromatic nitrogens is 2. The first-order chi connectivity index (χ1) is 9.28. The fraction of sp³-hybridized carbons (Fsp3) is 0.812. The quantitative estimate of drug-likeness (QED) is 0.904. The molecule has 2 unspecified atom stereocenters. The second-order valence-electron chi connectivity index (χ2n) is 7.22. The van der Waals surface area contributed by atoms with Crippen LogP contribution in [-0.4, -0.2) is 21.5 Å². The molecule has 0 spiro atoms. The first-order valence-electron chi connectivity index (χ1n) is 7.93. The van der Waals surface area contributed by atoms with Crippen molar-refractivity contribution >= 4 is 0 Å². The monoisotopic (exact) mass is 260 g/mol. The molecule has 0 bridgehead atoms. The predicted octanol–water partition coefficient (Wildman–Crippen LogP) is 2.95. The summed E-state index contributed by atoms with van der Waals surface area (Å²) in [7, 11) is 0. The Morgan fingerprint density at radius 2 is 2.00 bits per heavy atom. The van der Waals surface area contributed by atoms with Crippen molar-refractivity contribution in [1.82, 2.24) is 9.78 Å². The van der Waals surface area contributed by atoms with Crippen molar-refractivity contribution in [1.29, 1.82) is 0 Å². The van der Waals surface area contributed by atoms with Gasteiger partial charge in [0.2, 0.25) is 0 Å². The summed E-state index contributed by atoms with van der Waals surface area (Å²) in [6.07, 6.45) is 12.3. The van der Waals surface area contributed by atoms with Crippen LogP contribution in [0.1, 0.15) is 56.7 Å². The predicted molar refractivity (Wildman–Crippen MR) is 73.8 cm³/mol. The molecule has 1 heterocycles. The van der Waals surface area contributed by atoms with Crippen LogP contribution in [0.3, 0.4) is 0 Å². The molecular formula is C16H24N2O. The lowest BCUT2D eigenvalue weighted by Gasteiger charge is -2.27. The number of aliphatic hydroxyl groups excluding tert-OH is 1. The molecular weight excluding hydrogens is 236 g/mol. The number of hydrogen-bond acceptors (Lipinski definition) is 2. The molecule has 104 valence electrons. The largest absolute Gasteiger partial charge is 0.396 e. The Labute approximate surface area is 115 Å². The van der Waals surface area contributed by atoms with Crippen LogP contribution in [-0.2, 0) is 6.42 Å². The van der Waals surface area contributed by atoms with E-state index in [1.54, 1.807) is 0 Å². The molecule has 3 heteroatoms. The van der Waals surface area contributed by atoms with Crippen LogP contribution in [0.4, 0.5) is 0 Å². The summed E-state index contributed by atoms with van der Waals surface area (Å²) < 4.78 is 2.18. The molecule has 4 rings (SSSR count). The highest BCUT2D eigenvalue weighted by molar-refractivity contribution is 5.10. The van der Waals surface area contributed by atoms with Crippen molar-refractivity contribution in [2.45, 2.75) is 57.4 Å². The van der Waals surface area contributed by atoms with Gasteiger partial charge in [0, 0.05) is 12.8 Å². The second-order valence-corrected chi connectivity index (χ2v) is 7.22. The molecule has 3 fully saturated rings. The van der Waals surface area contributed by atoms with Gasteiger partial charge in [-0.15, -0.1) is 0 Å². The second kappa shape index (κ2) is 4.34. The first kappa shape index (κ1) is 12.0. The summed E-state index contributed by atoms with van der Waals surface area (Å²) in [5, 5.41) is 14.6. The number of rotatable bonds is 4. The maximum absolute atomic E-state index is 9.80. The minimum Gasteiger partial charge on any atom is -0.396 e. The summed E-state index contributed by atoms with van der Waals surface area (Å²) in [5.74, 6) is 1.84. The van der Waals surface area contributed by atoms with Crippen LogP contribution in [0.2, 0.25) is 0 Å². The van der Waals surface area contributed by atoms with Crippen LogP contribution in [0.15, 0.2) is 12.3 Å². The third-order valence-electron chi connectivity index (χ3n) is 5.71. The Morgan fingerprint density at radius 1 is 1.26 bits per heavy atom. The lowest BCUT2D eigenvalue weighted by atomic mass is 9.79. The maximum atomic E-state index is 9.80. The molecule has 3 nitrogen and oxygen atoms in total. The van der Waals surface area contributed by atoms with E-state index in [9.17, 15) is 5.11 Å². The molecule has 1 aromatic rings. The number of nitrogens with zero attached hydrogens (tertiary/aromatic N) is 2. The van der Waals surface area contributed by atoms with Gasteiger partial charge in [0.15, 0.2) is 0 Å². The van der Waals surface area contributed by atoms with Crippen molar-refractivity contribution in [3.63, 3.8) is 0 Å². The van der Waals surface area contributed by atoms with Gasteiger partial charge < -0.3 is 5.11 Å². The van der Waals surface area contributed by atoms with E-state index >= 15 is 0 Å². The molecule has 0 saturated heterocycles. The number of hydrogen-bond donors (Lipinski definition) is 1. The molecule has 1 N–H and O–H groups in total. The number of aliphatic hydroxyl groups is 1. The summed E-state index contributed by atoms with van der Waals surface area (Å²) in [6.45, 7) is 0.344. The minimum atomic E-state index is 0.155. The van der Waals surface area contributed by atoms with Crippen molar-refractivity contribution in [2.24, 2.45) is 17.3 Å². The normalized spacial score (nSPS) is 37.7. The third-order valence-corrected chi connectivity index (χ3v) is 5.71. The molecule has 19 heavy (non-hydrogen) atoms. The van der Waals surface area contributed by atoms with E-state index in [0.29, 0.717) is 12.6 Å². The average molecular weight is 260 g/mol. The summed E-state index contributed by atoms with van der Waals surface area (Å²) >= 11 is 0. The van der Waals surface area contributed by atoms with Gasteiger partial charge in [-0.25, -0.2) is 0 Å². The van der Waals surface area contributed by atoms with Crippen molar-refractivity contribution in [3.05, 3.63) is 18.0 Å². The topological polar surface area (TPSA) is 38.0 Å². The van der Waals surface area contributed by atoms with Gasteiger partial charge in [-0.05, 0) is 61.8 Å². The molecule has 0 aromatic carbocycles. The van der Waals surface area contributed by atoms with E-state index in [2.05, 4.69) is 16.9 Å².